The number of aromatic amines is 1. The standard InChI is InChI=1S/C21H17Cl2N3O3/c1-3-6-29-19-16(23)8-12(9-18(19)28-2)7-13(11-24)20-25-17-10-14(22)4-5-15(17)21(27)26-20/h4-5,7-10H,3,6H2,1-2H3,(H,25,26,27)/b13-7+. The highest BCUT2D eigenvalue weighted by Crippen LogP contribution is 2.37. The molecule has 0 bridgehead atoms. The van der Waals surface area contributed by atoms with Crippen LogP contribution in [0.1, 0.15) is 24.7 Å². The first kappa shape index (κ1) is 20.7. The lowest BCUT2D eigenvalue weighted by molar-refractivity contribution is 0.294. The van der Waals surface area contributed by atoms with Gasteiger partial charge >= 0.3 is 0 Å². The van der Waals surface area contributed by atoms with Gasteiger partial charge in [0.05, 0.1) is 35.2 Å². The van der Waals surface area contributed by atoms with E-state index in [4.69, 9.17) is 32.7 Å². The van der Waals surface area contributed by atoms with E-state index in [0.717, 1.165) is 6.42 Å². The zero-order valence-corrected chi connectivity index (χ0v) is 17.3. The molecule has 0 unspecified atom stereocenters. The van der Waals surface area contributed by atoms with Crippen molar-refractivity contribution in [3.8, 4) is 17.6 Å². The van der Waals surface area contributed by atoms with Crippen molar-refractivity contribution in [1.29, 1.82) is 5.26 Å². The van der Waals surface area contributed by atoms with Crippen molar-refractivity contribution in [2.24, 2.45) is 0 Å². The molecular weight excluding hydrogens is 413 g/mol. The second-order valence-electron chi connectivity index (χ2n) is 6.13. The second kappa shape index (κ2) is 8.99. The number of nitriles is 1. The van der Waals surface area contributed by atoms with Gasteiger partial charge in [0.1, 0.15) is 6.07 Å². The highest BCUT2D eigenvalue weighted by Gasteiger charge is 2.13. The van der Waals surface area contributed by atoms with Crippen molar-refractivity contribution in [2.45, 2.75) is 13.3 Å². The van der Waals surface area contributed by atoms with Gasteiger partial charge in [-0.25, -0.2) is 4.98 Å². The average Bonchev–Trinajstić information content (AvgIpc) is 2.70. The van der Waals surface area contributed by atoms with Crippen LogP contribution in [0.5, 0.6) is 11.5 Å². The Labute approximate surface area is 177 Å². The summed E-state index contributed by atoms with van der Waals surface area (Å²) in [7, 11) is 1.51. The van der Waals surface area contributed by atoms with Crippen LogP contribution >= 0.6 is 23.2 Å². The molecule has 3 rings (SSSR count). The number of H-pyrrole nitrogens is 1. The van der Waals surface area contributed by atoms with Crippen LogP contribution in [0.2, 0.25) is 10.0 Å². The minimum absolute atomic E-state index is 0.133. The minimum Gasteiger partial charge on any atom is -0.493 e. The van der Waals surface area contributed by atoms with Gasteiger partial charge in [-0.05, 0) is 48.4 Å². The van der Waals surface area contributed by atoms with Crippen LogP contribution in [-0.4, -0.2) is 23.7 Å². The molecule has 6 nitrogen and oxygen atoms in total. The van der Waals surface area contributed by atoms with Gasteiger partial charge in [0.15, 0.2) is 17.3 Å². The Kier molecular flexibility index (Phi) is 6.42. The van der Waals surface area contributed by atoms with Gasteiger partial charge in [0.25, 0.3) is 5.56 Å². The lowest BCUT2D eigenvalue weighted by Gasteiger charge is -2.13. The first-order valence-corrected chi connectivity index (χ1v) is 9.54. The Hall–Kier alpha value is -3.01. The maximum atomic E-state index is 12.4. The summed E-state index contributed by atoms with van der Waals surface area (Å²) in [5, 5.41) is 10.8. The number of nitrogens with one attached hydrogen (secondary N) is 1. The molecule has 0 saturated heterocycles. The molecule has 8 heteroatoms. The predicted octanol–water partition coefficient (Wildman–Crippen LogP) is 5.09. The zero-order valence-electron chi connectivity index (χ0n) is 15.8. The molecule has 0 saturated carbocycles. The molecular formula is C21H17Cl2N3O3. The number of benzene rings is 2. The van der Waals surface area contributed by atoms with Gasteiger partial charge in [-0.1, -0.05) is 30.1 Å². The SMILES string of the molecule is CCCOc1c(Cl)cc(/C=C(\C#N)c2nc3cc(Cl)ccc3c(=O)[nH]2)cc1OC. The quantitative estimate of drug-likeness (QED) is 0.551. The van der Waals surface area contributed by atoms with E-state index in [0.29, 0.717) is 44.6 Å². The molecule has 0 aliphatic rings. The third kappa shape index (κ3) is 4.53. The first-order chi connectivity index (χ1) is 14.0. The molecule has 0 atom stereocenters. The van der Waals surface area contributed by atoms with Crippen LogP contribution in [0, 0.1) is 11.3 Å². The van der Waals surface area contributed by atoms with Gasteiger partial charge in [-0.3, -0.25) is 4.79 Å². The summed E-state index contributed by atoms with van der Waals surface area (Å²) in [6.45, 7) is 2.49. The normalized spacial score (nSPS) is 11.3. The van der Waals surface area contributed by atoms with Crippen LogP contribution in [0.3, 0.4) is 0 Å². The highest BCUT2D eigenvalue weighted by atomic mass is 35.5. The zero-order chi connectivity index (χ0) is 21.0. The molecule has 0 spiro atoms. The molecule has 1 heterocycles. The average molecular weight is 430 g/mol. The molecule has 3 aromatic rings. The van der Waals surface area contributed by atoms with Crippen LogP contribution in [0.15, 0.2) is 35.1 Å². The first-order valence-electron chi connectivity index (χ1n) is 8.79. The van der Waals surface area contributed by atoms with Crippen molar-refractivity contribution in [2.75, 3.05) is 13.7 Å². The Bertz CT molecular complexity index is 1200. The van der Waals surface area contributed by atoms with E-state index in [1.807, 2.05) is 6.92 Å². The molecule has 148 valence electrons. The Morgan fingerprint density at radius 3 is 2.79 bits per heavy atom. The van der Waals surface area contributed by atoms with Crippen molar-refractivity contribution in [3.05, 3.63) is 62.1 Å². The lowest BCUT2D eigenvalue weighted by atomic mass is 10.1. The monoisotopic (exact) mass is 429 g/mol. The van der Waals surface area contributed by atoms with Gasteiger partial charge in [-0.2, -0.15) is 5.26 Å². The van der Waals surface area contributed by atoms with E-state index in [1.54, 1.807) is 36.4 Å². The molecule has 0 aliphatic carbocycles. The number of nitrogens with zero attached hydrogens (tertiary/aromatic N) is 2. The molecule has 0 amide bonds. The van der Waals surface area contributed by atoms with E-state index >= 15 is 0 Å². The number of hydrogen-bond donors (Lipinski definition) is 1. The summed E-state index contributed by atoms with van der Waals surface area (Å²) in [5.41, 5.74) is 0.795. The van der Waals surface area contributed by atoms with Gasteiger partial charge in [0.2, 0.25) is 0 Å². The number of fused-ring (bicyclic) bond motifs is 1. The fourth-order valence-corrected chi connectivity index (χ4v) is 3.17. The largest absolute Gasteiger partial charge is 0.493 e. The molecule has 1 aromatic heterocycles. The summed E-state index contributed by atoms with van der Waals surface area (Å²) < 4.78 is 11.0. The molecule has 0 fully saturated rings. The number of rotatable bonds is 6. The highest BCUT2D eigenvalue weighted by molar-refractivity contribution is 6.32. The summed E-state index contributed by atoms with van der Waals surface area (Å²) >= 11 is 12.3. The fraction of sp³-hybridized carbons (Fsp3) is 0.190. The Balaban J connectivity index is 2.09. The van der Waals surface area contributed by atoms with E-state index in [2.05, 4.69) is 16.0 Å². The number of allylic oxidation sites excluding steroid dienone is 1. The third-order valence-corrected chi connectivity index (χ3v) is 4.57. The summed E-state index contributed by atoms with van der Waals surface area (Å²) in [5.74, 6) is 1.02. The molecule has 29 heavy (non-hydrogen) atoms. The number of ether oxygens (including phenoxy) is 2. The number of aromatic nitrogens is 2. The fourth-order valence-electron chi connectivity index (χ4n) is 2.73. The van der Waals surface area contributed by atoms with Crippen LogP contribution in [0.4, 0.5) is 0 Å². The summed E-state index contributed by atoms with van der Waals surface area (Å²) in [4.78, 5) is 19.4. The second-order valence-corrected chi connectivity index (χ2v) is 6.97. The smallest absolute Gasteiger partial charge is 0.259 e. The number of methoxy groups -OCH3 is 1. The summed E-state index contributed by atoms with van der Waals surface area (Å²) in [6, 6.07) is 10.2. The number of hydrogen-bond acceptors (Lipinski definition) is 5. The maximum Gasteiger partial charge on any atom is 0.259 e. The van der Waals surface area contributed by atoms with E-state index in [1.165, 1.54) is 7.11 Å². The van der Waals surface area contributed by atoms with Crippen molar-refractivity contribution < 1.29 is 9.47 Å². The summed E-state index contributed by atoms with van der Waals surface area (Å²) in [6.07, 6.45) is 2.39. The van der Waals surface area contributed by atoms with Gasteiger partial charge < -0.3 is 14.5 Å². The molecule has 0 aliphatic heterocycles. The number of halogens is 2. The van der Waals surface area contributed by atoms with Crippen LogP contribution in [-0.2, 0) is 0 Å². The third-order valence-electron chi connectivity index (χ3n) is 4.06. The topological polar surface area (TPSA) is 88.0 Å². The van der Waals surface area contributed by atoms with E-state index in [-0.39, 0.29) is 17.0 Å². The Morgan fingerprint density at radius 2 is 2.10 bits per heavy atom. The van der Waals surface area contributed by atoms with Crippen LogP contribution < -0.4 is 15.0 Å². The minimum atomic E-state index is -0.359. The van der Waals surface area contributed by atoms with Crippen molar-refractivity contribution >= 4 is 45.8 Å². The molecule has 0 radical (unpaired) electrons. The molecule has 1 N–H and O–H groups in total. The van der Waals surface area contributed by atoms with Crippen molar-refractivity contribution in [1.82, 2.24) is 9.97 Å². The molecule has 2 aromatic carbocycles. The lowest BCUT2D eigenvalue weighted by Crippen LogP contribution is -2.11. The van der Waals surface area contributed by atoms with Gasteiger partial charge in [0, 0.05) is 5.02 Å². The van der Waals surface area contributed by atoms with Crippen molar-refractivity contribution in [3.63, 3.8) is 0 Å². The van der Waals surface area contributed by atoms with Gasteiger partial charge in [-0.15, -0.1) is 0 Å². The van der Waals surface area contributed by atoms with E-state index in [9.17, 15) is 10.1 Å². The Morgan fingerprint density at radius 1 is 1.31 bits per heavy atom. The predicted molar refractivity (Wildman–Crippen MR) is 115 cm³/mol. The van der Waals surface area contributed by atoms with E-state index < -0.39 is 0 Å². The van der Waals surface area contributed by atoms with Crippen LogP contribution in [0.25, 0.3) is 22.6 Å². The maximum absolute atomic E-state index is 12.4.